The lowest BCUT2D eigenvalue weighted by atomic mass is 10.2. The van der Waals surface area contributed by atoms with Crippen LogP contribution in [0.15, 0.2) is 30.3 Å². The standard InChI is InChI=1S/C13H16BrNO/c14-12-6-8-15(9-7-13(12)16)10-11-4-2-1-3-5-11/h1-5,12H,6-10H2/t12-/m1/s1. The van der Waals surface area contributed by atoms with Gasteiger partial charge in [0.05, 0.1) is 4.83 Å². The summed E-state index contributed by atoms with van der Waals surface area (Å²) in [5.74, 6) is 0.343. The third-order valence-corrected chi connectivity index (χ3v) is 3.94. The number of benzene rings is 1. The predicted octanol–water partition coefficient (Wildman–Crippen LogP) is 2.62. The molecular formula is C13H16BrNO. The molecule has 0 N–H and O–H groups in total. The van der Waals surface area contributed by atoms with Gasteiger partial charge in [-0.2, -0.15) is 0 Å². The molecule has 0 amide bonds. The second-order valence-electron chi connectivity index (χ2n) is 4.23. The van der Waals surface area contributed by atoms with Gasteiger partial charge in [-0.15, -0.1) is 0 Å². The molecule has 0 saturated carbocycles. The first-order valence-corrected chi connectivity index (χ1v) is 6.60. The highest BCUT2D eigenvalue weighted by Crippen LogP contribution is 2.16. The molecule has 0 bridgehead atoms. The molecule has 1 saturated heterocycles. The van der Waals surface area contributed by atoms with Crippen LogP contribution in [-0.2, 0) is 11.3 Å². The van der Waals surface area contributed by atoms with Crippen molar-refractivity contribution in [3.63, 3.8) is 0 Å². The van der Waals surface area contributed by atoms with Gasteiger partial charge in [-0.1, -0.05) is 46.3 Å². The van der Waals surface area contributed by atoms with Gasteiger partial charge < -0.3 is 0 Å². The largest absolute Gasteiger partial charge is 0.299 e. The van der Waals surface area contributed by atoms with Crippen LogP contribution < -0.4 is 0 Å². The van der Waals surface area contributed by atoms with Gasteiger partial charge in [0, 0.05) is 19.5 Å². The Morgan fingerprint density at radius 3 is 2.75 bits per heavy atom. The normalized spacial score (nSPS) is 23.1. The Hall–Kier alpha value is -0.670. The Bertz CT molecular complexity index is 352. The highest BCUT2D eigenvalue weighted by Gasteiger charge is 2.21. The van der Waals surface area contributed by atoms with E-state index >= 15 is 0 Å². The maximum Gasteiger partial charge on any atom is 0.147 e. The molecule has 0 aliphatic carbocycles. The molecule has 1 aliphatic heterocycles. The molecule has 2 rings (SSSR count). The van der Waals surface area contributed by atoms with E-state index in [-0.39, 0.29) is 4.83 Å². The second kappa shape index (κ2) is 5.60. The number of Topliss-reactive ketones (excluding diaryl/α,β-unsaturated/α-hetero) is 1. The summed E-state index contributed by atoms with van der Waals surface area (Å²) in [6.45, 7) is 2.83. The number of nitrogens with zero attached hydrogens (tertiary/aromatic N) is 1. The Morgan fingerprint density at radius 1 is 1.25 bits per heavy atom. The fraction of sp³-hybridized carbons (Fsp3) is 0.462. The highest BCUT2D eigenvalue weighted by molar-refractivity contribution is 9.10. The van der Waals surface area contributed by atoms with Crippen LogP contribution in [0.2, 0.25) is 0 Å². The highest BCUT2D eigenvalue weighted by atomic mass is 79.9. The molecule has 0 unspecified atom stereocenters. The number of rotatable bonds is 2. The molecule has 86 valence electrons. The van der Waals surface area contributed by atoms with Crippen molar-refractivity contribution >= 4 is 21.7 Å². The minimum atomic E-state index is 0.0632. The first kappa shape index (κ1) is 11.8. The van der Waals surface area contributed by atoms with Gasteiger partial charge in [-0.25, -0.2) is 0 Å². The fourth-order valence-electron chi connectivity index (χ4n) is 1.99. The van der Waals surface area contributed by atoms with Crippen molar-refractivity contribution < 1.29 is 4.79 Å². The fourth-order valence-corrected chi connectivity index (χ4v) is 2.43. The van der Waals surface area contributed by atoms with Gasteiger partial charge in [-0.3, -0.25) is 9.69 Å². The average Bonchev–Trinajstić information content (AvgIpc) is 2.46. The SMILES string of the molecule is O=C1CCN(Cc2ccccc2)CC[C@H]1Br. The molecule has 0 radical (unpaired) electrons. The van der Waals surface area contributed by atoms with Crippen molar-refractivity contribution in [1.82, 2.24) is 4.90 Å². The Labute approximate surface area is 105 Å². The number of carbonyl (C=O) groups is 1. The number of alkyl halides is 1. The van der Waals surface area contributed by atoms with E-state index in [1.165, 1.54) is 5.56 Å². The minimum Gasteiger partial charge on any atom is -0.299 e. The molecule has 16 heavy (non-hydrogen) atoms. The van der Waals surface area contributed by atoms with Crippen LogP contribution >= 0.6 is 15.9 Å². The quantitative estimate of drug-likeness (QED) is 0.777. The molecule has 0 spiro atoms. The van der Waals surface area contributed by atoms with E-state index in [4.69, 9.17) is 0 Å². The van der Waals surface area contributed by atoms with Gasteiger partial charge >= 0.3 is 0 Å². The van der Waals surface area contributed by atoms with Crippen molar-refractivity contribution in [2.24, 2.45) is 0 Å². The van der Waals surface area contributed by atoms with Gasteiger partial charge in [0.1, 0.15) is 5.78 Å². The van der Waals surface area contributed by atoms with Crippen LogP contribution in [0.3, 0.4) is 0 Å². The smallest absolute Gasteiger partial charge is 0.147 e. The van der Waals surface area contributed by atoms with Gasteiger partial charge in [-0.05, 0) is 18.5 Å². The van der Waals surface area contributed by atoms with E-state index in [0.29, 0.717) is 12.2 Å². The Morgan fingerprint density at radius 2 is 2.00 bits per heavy atom. The van der Waals surface area contributed by atoms with Crippen LogP contribution in [0, 0.1) is 0 Å². The molecule has 3 heteroatoms. The van der Waals surface area contributed by atoms with E-state index in [1.807, 2.05) is 6.07 Å². The lowest BCUT2D eigenvalue weighted by molar-refractivity contribution is -0.118. The van der Waals surface area contributed by atoms with Crippen molar-refractivity contribution in [3.8, 4) is 0 Å². The van der Waals surface area contributed by atoms with Crippen LogP contribution in [-0.4, -0.2) is 28.6 Å². The van der Waals surface area contributed by atoms with E-state index in [1.54, 1.807) is 0 Å². The van der Waals surface area contributed by atoms with Crippen LogP contribution in [0.5, 0.6) is 0 Å². The molecule has 1 heterocycles. The van der Waals surface area contributed by atoms with Gasteiger partial charge in [0.25, 0.3) is 0 Å². The summed E-state index contributed by atoms with van der Waals surface area (Å²) in [6.07, 6.45) is 1.59. The predicted molar refractivity (Wildman–Crippen MR) is 68.7 cm³/mol. The summed E-state index contributed by atoms with van der Waals surface area (Å²) in [6, 6.07) is 10.4. The monoisotopic (exact) mass is 281 g/mol. The lowest BCUT2D eigenvalue weighted by Gasteiger charge is -2.19. The molecule has 1 atom stereocenters. The molecule has 1 fully saturated rings. The van der Waals surface area contributed by atoms with Crippen molar-refractivity contribution in [2.75, 3.05) is 13.1 Å². The van der Waals surface area contributed by atoms with Crippen molar-refractivity contribution in [3.05, 3.63) is 35.9 Å². The summed E-state index contributed by atoms with van der Waals surface area (Å²) >= 11 is 3.44. The number of ketones is 1. The first-order valence-electron chi connectivity index (χ1n) is 5.69. The average molecular weight is 282 g/mol. The van der Waals surface area contributed by atoms with Crippen molar-refractivity contribution in [2.45, 2.75) is 24.2 Å². The zero-order valence-corrected chi connectivity index (χ0v) is 10.8. The molecule has 1 aliphatic rings. The van der Waals surface area contributed by atoms with Crippen molar-refractivity contribution in [1.29, 1.82) is 0 Å². The lowest BCUT2D eigenvalue weighted by Crippen LogP contribution is -2.24. The third kappa shape index (κ3) is 3.16. The molecular weight excluding hydrogens is 266 g/mol. The summed E-state index contributed by atoms with van der Waals surface area (Å²) in [4.78, 5) is 14.0. The van der Waals surface area contributed by atoms with E-state index < -0.39 is 0 Å². The first-order chi connectivity index (χ1) is 7.75. The summed E-state index contributed by atoms with van der Waals surface area (Å²) in [5.41, 5.74) is 1.32. The van der Waals surface area contributed by atoms with Gasteiger partial charge in [0.2, 0.25) is 0 Å². The topological polar surface area (TPSA) is 20.3 Å². The second-order valence-corrected chi connectivity index (χ2v) is 5.34. The van der Waals surface area contributed by atoms with Crippen LogP contribution in [0.1, 0.15) is 18.4 Å². The number of likely N-dealkylation sites (tertiary alicyclic amines) is 1. The van der Waals surface area contributed by atoms with E-state index in [2.05, 4.69) is 45.1 Å². The molecule has 1 aromatic rings. The summed E-state index contributed by atoms with van der Waals surface area (Å²) in [7, 11) is 0. The number of carbonyl (C=O) groups excluding carboxylic acids is 1. The third-order valence-electron chi connectivity index (χ3n) is 2.97. The molecule has 0 aromatic heterocycles. The number of halogens is 1. The molecule has 1 aromatic carbocycles. The molecule has 2 nitrogen and oxygen atoms in total. The zero-order chi connectivity index (χ0) is 11.4. The maximum atomic E-state index is 11.5. The zero-order valence-electron chi connectivity index (χ0n) is 9.23. The maximum absolute atomic E-state index is 11.5. The van der Waals surface area contributed by atoms with Crippen LogP contribution in [0.25, 0.3) is 0 Å². The number of hydrogen-bond donors (Lipinski definition) is 0. The van der Waals surface area contributed by atoms with E-state index in [9.17, 15) is 4.79 Å². The Kier molecular flexibility index (Phi) is 4.13. The Balaban J connectivity index is 1.94. The minimum absolute atomic E-state index is 0.0632. The summed E-state index contributed by atoms with van der Waals surface area (Å²) < 4.78 is 0. The van der Waals surface area contributed by atoms with E-state index in [0.717, 1.165) is 26.1 Å². The van der Waals surface area contributed by atoms with Gasteiger partial charge in [0.15, 0.2) is 0 Å². The number of hydrogen-bond acceptors (Lipinski definition) is 2. The van der Waals surface area contributed by atoms with Crippen LogP contribution in [0.4, 0.5) is 0 Å². The summed E-state index contributed by atoms with van der Waals surface area (Å²) in [5, 5.41) is 0.